The van der Waals surface area contributed by atoms with E-state index in [1.165, 1.54) is 0 Å². The molecule has 0 bridgehead atoms. The quantitative estimate of drug-likeness (QED) is 0.724. The smallest absolute Gasteiger partial charge is 0.263 e. The van der Waals surface area contributed by atoms with Crippen molar-refractivity contribution < 1.29 is 5.11 Å². The van der Waals surface area contributed by atoms with Crippen molar-refractivity contribution in [2.75, 3.05) is 5.32 Å². The standard InChI is InChI=1S/C16H15N3O2/c1-2-13-15(17-11-6-8-12(20)9-7-11)18-14-5-3-4-10-19(14)16(13)21/h3-10,17,20H,2H2,1H3. The van der Waals surface area contributed by atoms with Gasteiger partial charge < -0.3 is 10.4 Å². The molecule has 0 saturated carbocycles. The largest absolute Gasteiger partial charge is 0.508 e. The van der Waals surface area contributed by atoms with E-state index in [-0.39, 0.29) is 11.3 Å². The van der Waals surface area contributed by atoms with Crippen LogP contribution in [-0.2, 0) is 6.42 Å². The van der Waals surface area contributed by atoms with Crippen LogP contribution >= 0.6 is 0 Å². The van der Waals surface area contributed by atoms with Gasteiger partial charge in [0.25, 0.3) is 5.56 Å². The third-order valence-corrected chi connectivity index (χ3v) is 3.31. The number of nitrogens with zero attached hydrogens (tertiary/aromatic N) is 2. The van der Waals surface area contributed by atoms with Gasteiger partial charge in [0, 0.05) is 11.9 Å². The first-order valence-corrected chi connectivity index (χ1v) is 6.75. The number of aromatic hydroxyl groups is 1. The highest BCUT2D eigenvalue weighted by atomic mass is 16.3. The Bertz CT molecular complexity index is 838. The summed E-state index contributed by atoms with van der Waals surface area (Å²) >= 11 is 0. The van der Waals surface area contributed by atoms with E-state index in [1.54, 1.807) is 40.9 Å². The van der Waals surface area contributed by atoms with E-state index in [0.29, 0.717) is 23.4 Å². The van der Waals surface area contributed by atoms with Gasteiger partial charge in [-0.1, -0.05) is 13.0 Å². The van der Waals surface area contributed by atoms with Gasteiger partial charge in [0.15, 0.2) is 0 Å². The summed E-state index contributed by atoms with van der Waals surface area (Å²) in [4.78, 5) is 17.0. The Morgan fingerprint density at radius 1 is 1.19 bits per heavy atom. The zero-order valence-corrected chi connectivity index (χ0v) is 11.6. The molecule has 0 aliphatic heterocycles. The van der Waals surface area contributed by atoms with Crippen LogP contribution in [-0.4, -0.2) is 14.5 Å². The summed E-state index contributed by atoms with van der Waals surface area (Å²) in [7, 11) is 0. The maximum Gasteiger partial charge on any atom is 0.263 e. The van der Waals surface area contributed by atoms with E-state index in [1.807, 2.05) is 19.1 Å². The molecule has 3 rings (SSSR count). The molecular weight excluding hydrogens is 266 g/mol. The molecule has 0 saturated heterocycles. The van der Waals surface area contributed by atoms with E-state index in [4.69, 9.17) is 0 Å². The first-order chi connectivity index (χ1) is 10.2. The lowest BCUT2D eigenvalue weighted by Crippen LogP contribution is -2.21. The second-order valence-electron chi connectivity index (χ2n) is 4.70. The van der Waals surface area contributed by atoms with Crippen LogP contribution in [0.3, 0.4) is 0 Å². The topological polar surface area (TPSA) is 66.6 Å². The van der Waals surface area contributed by atoms with E-state index in [9.17, 15) is 9.90 Å². The fourth-order valence-electron chi connectivity index (χ4n) is 2.23. The molecule has 0 spiro atoms. The lowest BCUT2D eigenvalue weighted by atomic mass is 10.2. The van der Waals surface area contributed by atoms with Crippen molar-refractivity contribution in [3.05, 3.63) is 64.6 Å². The SMILES string of the molecule is CCc1c(Nc2ccc(O)cc2)nc2ccccn2c1=O. The van der Waals surface area contributed by atoms with Crippen LogP contribution in [0.15, 0.2) is 53.5 Å². The molecule has 2 heterocycles. The second kappa shape index (κ2) is 5.28. The molecule has 0 amide bonds. The number of aromatic nitrogens is 2. The van der Waals surface area contributed by atoms with Gasteiger partial charge in [-0.3, -0.25) is 9.20 Å². The van der Waals surface area contributed by atoms with Gasteiger partial charge in [-0.25, -0.2) is 4.98 Å². The predicted molar refractivity (Wildman–Crippen MR) is 82.2 cm³/mol. The van der Waals surface area contributed by atoms with E-state index in [2.05, 4.69) is 10.3 Å². The third kappa shape index (κ3) is 2.45. The Hall–Kier alpha value is -2.82. The van der Waals surface area contributed by atoms with Crippen LogP contribution in [0.1, 0.15) is 12.5 Å². The number of rotatable bonds is 3. The number of nitrogens with one attached hydrogen (secondary N) is 1. The lowest BCUT2D eigenvalue weighted by Gasteiger charge is -2.11. The van der Waals surface area contributed by atoms with Crippen LogP contribution in [0.5, 0.6) is 5.75 Å². The minimum atomic E-state index is -0.0654. The van der Waals surface area contributed by atoms with Gasteiger partial charge >= 0.3 is 0 Å². The van der Waals surface area contributed by atoms with E-state index in [0.717, 1.165) is 5.69 Å². The number of pyridine rings is 1. The van der Waals surface area contributed by atoms with Gasteiger partial charge in [0.2, 0.25) is 0 Å². The summed E-state index contributed by atoms with van der Waals surface area (Å²) in [6.45, 7) is 1.93. The third-order valence-electron chi connectivity index (χ3n) is 3.31. The first-order valence-electron chi connectivity index (χ1n) is 6.75. The zero-order valence-electron chi connectivity index (χ0n) is 11.6. The molecule has 0 fully saturated rings. The Kier molecular flexibility index (Phi) is 3.31. The number of hydrogen-bond donors (Lipinski definition) is 2. The average Bonchev–Trinajstić information content (AvgIpc) is 2.50. The molecule has 3 aromatic rings. The van der Waals surface area contributed by atoms with E-state index >= 15 is 0 Å². The van der Waals surface area contributed by atoms with Crippen LogP contribution in [0.4, 0.5) is 11.5 Å². The van der Waals surface area contributed by atoms with Gasteiger partial charge in [-0.2, -0.15) is 0 Å². The van der Waals surface area contributed by atoms with Crippen molar-refractivity contribution in [1.82, 2.24) is 9.38 Å². The summed E-state index contributed by atoms with van der Waals surface area (Å²) in [6, 6.07) is 12.1. The summed E-state index contributed by atoms with van der Waals surface area (Å²) in [5.74, 6) is 0.752. The van der Waals surface area contributed by atoms with Gasteiger partial charge in [-0.15, -0.1) is 0 Å². The average molecular weight is 281 g/mol. The zero-order chi connectivity index (χ0) is 14.8. The van der Waals surface area contributed by atoms with Crippen molar-refractivity contribution in [3.8, 4) is 5.75 Å². The lowest BCUT2D eigenvalue weighted by molar-refractivity contribution is 0.475. The van der Waals surface area contributed by atoms with Crippen LogP contribution < -0.4 is 10.9 Å². The Balaban J connectivity index is 2.13. The van der Waals surface area contributed by atoms with Crippen molar-refractivity contribution in [2.45, 2.75) is 13.3 Å². The van der Waals surface area contributed by atoms with Crippen LogP contribution in [0, 0.1) is 0 Å². The molecule has 0 unspecified atom stereocenters. The maximum atomic E-state index is 12.5. The molecule has 106 valence electrons. The van der Waals surface area contributed by atoms with Crippen LogP contribution in [0.2, 0.25) is 0 Å². The molecular formula is C16H15N3O2. The molecule has 5 nitrogen and oxygen atoms in total. The molecule has 0 atom stereocenters. The van der Waals surface area contributed by atoms with Crippen molar-refractivity contribution >= 4 is 17.2 Å². The molecule has 0 aliphatic carbocycles. The summed E-state index contributed by atoms with van der Waals surface area (Å²) < 4.78 is 1.54. The molecule has 2 N–H and O–H groups in total. The minimum Gasteiger partial charge on any atom is -0.508 e. The Labute approximate surface area is 121 Å². The van der Waals surface area contributed by atoms with E-state index < -0.39 is 0 Å². The van der Waals surface area contributed by atoms with Crippen molar-refractivity contribution in [2.24, 2.45) is 0 Å². The number of phenolic OH excluding ortho intramolecular Hbond substituents is 1. The highest BCUT2D eigenvalue weighted by molar-refractivity contribution is 5.62. The maximum absolute atomic E-state index is 12.5. The highest BCUT2D eigenvalue weighted by Gasteiger charge is 2.11. The molecule has 1 aromatic carbocycles. The summed E-state index contributed by atoms with van der Waals surface area (Å²) in [6.07, 6.45) is 2.30. The fourth-order valence-corrected chi connectivity index (χ4v) is 2.23. The fraction of sp³-hybridized carbons (Fsp3) is 0.125. The first kappa shape index (κ1) is 13.2. The number of fused-ring (bicyclic) bond motifs is 1. The summed E-state index contributed by atoms with van der Waals surface area (Å²) in [5, 5.41) is 12.5. The molecule has 2 aromatic heterocycles. The second-order valence-corrected chi connectivity index (χ2v) is 4.70. The normalized spacial score (nSPS) is 10.7. The molecule has 21 heavy (non-hydrogen) atoms. The van der Waals surface area contributed by atoms with Crippen LogP contribution in [0.25, 0.3) is 5.65 Å². The molecule has 0 radical (unpaired) electrons. The minimum absolute atomic E-state index is 0.0654. The number of phenols is 1. The Morgan fingerprint density at radius 3 is 2.67 bits per heavy atom. The Morgan fingerprint density at radius 2 is 1.95 bits per heavy atom. The molecule has 5 heteroatoms. The predicted octanol–water partition coefficient (Wildman–Crippen LogP) is 2.71. The molecule has 0 aliphatic rings. The highest BCUT2D eigenvalue weighted by Crippen LogP contribution is 2.20. The number of benzene rings is 1. The van der Waals surface area contributed by atoms with Gasteiger partial charge in [0.05, 0.1) is 5.56 Å². The monoisotopic (exact) mass is 281 g/mol. The summed E-state index contributed by atoms with van der Waals surface area (Å²) in [5.41, 5.74) is 1.94. The van der Waals surface area contributed by atoms with Gasteiger partial charge in [-0.05, 0) is 42.8 Å². The van der Waals surface area contributed by atoms with Crippen molar-refractivity contribution in [3.63, 3.8) is 0 Å². The van der Waals surface area contributed by atoms with Gasteiger partial charge in [0.1, 0.15) is 17.2 Å². The number of anilines is 2. The van der Waals surface area contributed by atoms with Crippen molar-refractivity contribution in [1.29, 1.82) is 0 Å². The number of hydrogen-bond acceptors (Lipinski definition) is 4.